The van der Waals surface area contributed by atoms with Crippen molar-refractivity contribution in [1.29, 1.82) is 0 Å². The van der Waals surface area contributed by atoms with Crippen LogP contribution in [-0.2, 0) is 10.3 Å². The van der Waals surface area contributed by atoms with Gasteiger partial charge in [-0.3, -0.25) is 5.32 Å². The van der Waals surface area contributed by atoms with Crippen LogP contribution in [0.15, 0.2) is 84.5 Å². The molecule has 1 atom stereocenters. The van der Waals surface area contributed by atoms with Gasteiger partial charge in [0.05, 0.1) is 25.2 Å². The summed E-state index contributed by atoms with van der Waals surface area (Å²) in [5, 5.41) is 7.35. The summed E-state index contributed by atoms with van der Waals surface area (Å²) in [6, 6.07) is 16.6. The fourth-order valence-electron chi connectivity index (χ4n) is 4.52. The number of carbonyl (C=O) groups is 1. The molecule has 0 fully saturated rings. The number of aldehydes is 1. The zero-order valence-electron chi connectivity index (χ0n) is 22.6. The quantitative estimate of drug-likeness (QED) is 0.428. The molecule has 0 saturated carbocycles. The molecule has 0 spiro atoms. The summed E-state index contributed by atoms with van der Waals surface area (Å²) in [4.78, 5) is 12.3. The summed E-state index contributed by atoms with van der Waals surface area (Å²) in [7, 11) is 3.34. The number of rotatable bonds is 10. The number of nitrogens with one attached hydrogen (secondary N) is 2. The number of carbonyl (C=O) groups excluding carboxylic acids is 1. The predicted octanol–water partition coefficient (Wildman–Crippen LogP) is 5.57. The van der Waals surface area contributed by atoms with Gasteiger partial charge in [-0.05, 0) is 61.7 Å². The van der Waals surface area contributed by atoms with E-state index < -0.39 is 11.0 Å². The van der Waals surface area contributed by atoms with Crippen LogP contribution in [0.25, 0.3) is 0 Å². The van der Waals surface area contributed by atoms with E-state index in [1.54, 1.807) is 14.2 Å². The zero-order valence-corrected chi connectivity index (χ0v) is 22.6. The molecule has 3 rings (SSSR count). The normalized spacial score (nSPS) is 18.1. The first-order chi connectivity index (χ1) is 17.1. The van der Waals surface area contributed by atoms with Crippen molar-refractivity contribution in [3.05, 3.63) is 95.6 Å². The van der Waals surface area contributed by atoms with E-state index in [1.807, 2.05) is 42.5 Å². The number of benzene rings is 2. The minimum absolute atomic E-state index is 0.245. The highest BCUT2D eigenvalue weighted by molar-refractivity contribution is 5.69. The Balaban J connectivity index is 2.25. The van der Waals surface area contributed by atoms with Crippen LogP contribution in [0.1, 0.15) is 45.7 Å². The Morgan fingerprint density at radius 3 is 1.83 bits per heavy atom. The first-order valence-corrected chi connectivity index (χ1v) is 12.4. The van der Waals surface area contributed by atoms with Crippen molar-refractivity contribution >= 4 is 6.29 Å². The molecule has 0 radical (unpaired) electrons. The second-order valence-corrected chi connectivity index (χ2v) is 10.7. The molecule has 1 aliphatic rings. The molecule has 36 heavy (non-hydrogen) atoms. The third kappa shape index (κ3) is 6.15. The molecular formula is C31H40N2O3. The van der Waals surface area contributed by atoms with Crippen molar-refractivity contribution in [2.24, 2.45) is 5.41 Å². The monoisotopic (exact) mass is 488 g/mol. The minimum Gasteiger partial charge on any atom is -0.497 e. The average molecular weight is 489 g/mol. The highest BCUT2D eigenvalue weighted by Crippen LogP contribution is 2.42. The van der Waals surface area contributed by atoms with Crippen LogP contribution in [0.5, 0.6) is 11.5 Å². The van der Waals surface area contributed by atoms with E-state index >= 15 is 0 Å². The number of allylic oxidation sites excluding steroid dienone is 2. The topological polar surface area (TPSA) is 59.6 Å². The molecule has 2 N–H and O–H groups in total. The summed E-state index contributed by atoms with van der Waals surface area (Å²) < 4.78 is 10.9. The van der Waals surface area contributed by atoms with Gasteiger partial charge in [-0.1, -0.05) is 68.5 Å². The highest BCUT2D eigenvalue weighted by Gasteiger charge is 2.41. The molecule has 0 heterocycles. The molecule has 0 saturated heterocycles. The second kappa shape index (κ2) is 11.3. The summed E-state index contributed by atoms with van der Waals surface area (Å²) in [6.07, 6.45) is 11.2. The number of methoxy groups -OCH3 is 2. The summed E-state index contributed by atoms with van der Waals surface area (Å²) in [5.41, 5.74) is 1.47. The van der Waals surface area contributed by atoms with Gasteiger partial charge in [0.25, 0.3) is 0 Å². The summed E-state index contributed by atoms with van der Waals surface area (Å²) in [6.45, 7) is 11.2. The fraction of sp³-hybridized carbons (Fsp3) is 0.387. The van der Waals surface area contributed by atoms with Crippen LogP contribution in [0, 0.1) is 5.41 Å². The van der Waals surface area contributed by atoms with E-state index in [9.17, 15) is 4.79 Å². The van der Waals surface area contributed by atoms with Crippen molar-refractivity contribution in [2.45, 2.75) is 51.7 Å². The molecular weight excluding hydrogens is 448 g/mol. The molecule has 2 aromatic rings. The average Bonchev–Trinajstić information content (AvgIpc) is 3.09. The smallest absolute Gasteiger partial charge is 0.135 e. The standard InChI is InChI=1S/C31H40N2O3/c1-23(2)32-21-30(22-34)19-8-9-24(18-20-30)31(33-29(3,4)5,25-10-14-27(35-6)15-11-25)26-12-16-28(36-7)17-13-26/h8-20,22-23,32-33H,21H2,1-7H3. The highest BCUT2D eigenvalue weighted by atomic mass is 16.5. The van der Waals surface area contributed by atoms with Crippen LogP contribution in [0.2, 0.25) is 0 Å². The lowest BCUT2D eigenvalue weighted by Crippen LogP contribution is -2.53. The molecule has 0 aromatic heterocycles. The molecule has 2 aromatic carbocycles. The number of hydrogen-bond donors (Lipinski definition) is 2. The molecule has 5 nitrogen and oxygen atoms in total. The van der Waals surface area contributed by atoms with Gasteiger partial charge in [0.2, 0.25) is 0 Å². The van der Waals surface area contributed by atoms with E-state index in [1.165, 1.54) is 0 Å². The van der Waals surface area contributed by atoms with Gasteiger partial charge in [-0.25, -0.2) is 0 Å². The van der Waals surface area contributed by atoms with Crippen molar-refractivity contribution in [3.63, 3.8) is 0 Å². The fourth-order valence-corrected chi connectivity index (χ4v) is 4.52. The van der Waals surface area contributed by atoms with Gasteiger partial charge in [0.1, 0.15) is 17.8 Å². The SMILES string of the molecule is COc1ccc(C(NC(C)(C)C)(C2=CC=CC(C=O)(CNC(C)C)C=C2)c2ccc(OC)cc2)cc1. The number of hydrogen-bond acceptors (Lipinski definition) is 5. The maximum atomic E-state index is 12.3. The van der Waals surface area contributed by atoms with E-state index in [-0.39, 0.29) is 11.6 Å². The maximum Gasteiger partial charge on any atom is 0.135 e. The molecule has 0 amide bonds. The van der Waals surface area contributed by atoms with E-state index in [4.69, 9.17) is 9.47 Å². The second-order valence-electron chi connectivity index (χ2n) is 10.7. The summed E-state index contributed by atoms with van der Waals surface area (Å²) in [5.74, 6) is 1.59. The van der Waals surface area contributed by atoms with Gasteiger partial charge < -0.3 is 19.6 Å². The van der Waals surface area contributed by atoms with Crippen LogP contribution in [-0.4, -0.2) is 38.6 Å². The Bertz CT molecular complexity index is 1060. The molecule has 1 aliphatic carbocycles. The van der Waals surface area contributed by atoms with E-state index in [0.29, 0.717) is 6.54 Å². The van der Waals surface area contributed by atoms with Crippen LogP contribution >= 0.6 is 0 Å². The van der Waals surface area contributed by atoms with Gasteiger partial charge in [0, 0.05) is 18.1 Å². The van der Waals surface area contributed by atoms with Gasteiger partial charge >= 0.3 is 0 Å². The third-order valence-electron chi connectivity index (χ3n) is 6.33. The Morgan fingerprint density at radius 2 is 1.42 bits per heavy atom. The molecule has 1 unspecified atom stereocenters. The third-order valence-corrected chi connectivity index (χ3v) is 6.33. The van der Waals surface area contributed by atoms with Crippen LogP contribution < -0.4 is 20.1 Å². The minimum atomic E-state index is -0.726. The Hall–Kier alpha value is -3.15. The summed E-state index contributed by atoms with van der Waals surface area (Å²) >= 11 is 0. The van der Waals surface area contributed by atoms with Crippen molar-refractivity contribution < 1.29 is 14.3 Å². The Morgan fingerprint density at radius 1 is 0.889 bits per heavy atom. The first kappa shape index (κ1) is 27.4. The Kier molecular flexibility index (Phi) is 8.59. The van der Waals surface area contributed by atoms with E-state index in [2.05, 4.69) is 81.7 Å². The van der Waals surface area contributed by atoms with Crippen molar-refractivity contribution in [2.75, 3.05) is 20.8 Å². The lowest BCUT2D eigenvalue weighted by atomic mass is 9.74. The van der Waals surface area contributed by atoms with Gasteiger partial charge in [0.15, 0.2) is 0 Å². The molecule has 192 valence electrons. The Labute approximate surface area is 216 Å². The maximum absolute atomic E-state index is 12.3. The molecule has 0 bridgehead atoms. The first-order valence-electron chi connectivity index (χ1n) is 12.4. The molecule has 5 heteroatoms. The molecule has 0 aliphatic heterocycles. The van der Waals surface area contributed by atoms with Gasteiger partial charge in [-0.15, -0.1) is 0 Å². The lowest BCUT2D eigenvalue weighted by Gasteiger charge is -2.43. The van der Waals surface area contributed by atoms with Crippen molar-refractivity contribution in [3.8, 4) is 11.5 Å². The zero-order chi connectivity index (χ0) is 26.4. The number of ether oxygens (including phenoxy) is 2. The largest absolute Gasteiger partial charge is 0.497 e. The van der Waals surface area contributed by atoms with Crippen LogP contribution in [0.3, 0.4) is 0 Å². The van der Waals surface area contributed by atoms with Crippen molar-refractivity contribution in [1.82, 2.24) is 10.6 Å². The lowest BCUT2D eigenvalue weighted by molar-refractivity contribution is -0.112. The van der Waals surface area contributed by atoms with Gasteiger partial charge in [-0.2, -0.15) is 0 Å². The predicted molar refractivity (Wildman–Crippen MR) is 148 cm³/mol. The van der Waals surface area contributed by atoms with Crippen LogP contribution in [0.4, 0.5) is 0 Å². The van der Waals surface area contributed by atoms with E-state index in [0.717, 1.165) is 34.5 Å².